The second kappa shape index (κ2) is 9.15. The van der Waals surface area contributed by atoms with Crippen molar-refractivity contribution in [3.05, 3.63) is 83.3 Å². The predicted molar refractivity (Wildman–Crippen MR) is 133 cm³/mol. The molecule has 1 aliphatic rings. The number of piperidine rings is 1. The Kier molecular flexibility index (Phi) is 5.90. The quantitative estimate of drug-likeness (QED) is 0.397. The van der Waals surface area contributed by atoms with Crippen LogP contribution in [0.15, 0.2) is 80.6 Å². The lowest BCUT2D eigenvalue weighted by molar-refractivity contribution is -0.131. The highest BCUT2D eigenvalue weighted by Gasteiger charge is 2.29. The Morgan fingerprint density at radius 2 is 1.38 bits per heavy atom. The molecule has 3 heterocycles. The van der Waals surface area contributed by atoms with Gasteiger partial charge < -0.3 is 18.6 Å². The number of ketones is 1. The molecule has 4 aromatic rings. The zero-order chi connectivity index (χ0) is 23.7. The number of para-hydroxylation sites is 2. The number of likely N-dealkylation sites (tertiary alicyclic amines) is 1. The SMILES string of the molecule is CN(C)CCC(=O)N1CC(=Cc2cc3ccccc3o2)C(=O)C(=Cc2cc3ccccc3o2)C1. The smallest absolute Gasteiger partial charge is 0.224 e. The van der Waals surface area contributed by atoms with Crippen LogP contribution in [0.3, 0.4) is 0 Å². The van der Waals surface area contributed by atoms with Crippen molar-refractivity contribution in [2.75, 3.05) is 33.7 Å². The van der Waals surface area contributed by atoms with Crippen LogP contribution >= 0.6 is 0 Å². The maximum absolute atomic E-state index is 13.4. The van der Waals surface area contributed by atoms with Crippen LogP contribution in [0, 0.1) is 0 Å². The minimum Gasteiger partial charge on any atom is -0.457 e. The van der Waals surface area contributed by atoms with Gasteiger partial charge in [-0.1, -0.05) is 36.4 Å². The van der Waals surface area contributed by atoms with Crippen molar-refractivity contribution in [3.8, 4) is 0 Å². The fourth-order valence-electron chi connectivity index (χ4n) is 4.18. The van der Waals surface area contributed by atoms with Crippen LogP contribution < -0.4 is 0 Å². The van der Waals surface area contributed by atoms with Crippen LogP contribution in [-0.2, 0) is 9.59 Å². The summed E-state index contributed by atoms with van der Waals surface area (Å²) < 4.78 is 11.8. The van der Waals surface area contributed by atoms with Crippen LogP contribution in [0.25, 0.3) is 34.1 Å². The van der Waals surface area contributed by atoms with Gasteiger partial charge in [-0.05, 0) is 50.5 Å². The maximum Gasteiger partial charge on any atom is 0.224 e. The Morgan fingerprint density at radius 3 is 1.85 bits per heavy atom. The second-order valence-corrected chi connectivity index (χ2v) is 8.84. The highest BCUT2D eigenvalue weighted by Crippen LogP contribution is 2.27. The summed E-state index contributed by atoms with van der Waals surface area (Å²) in [5, 5.41) is 1.93. The number of furan rings is 2. The molecule has 1 aliphatic heterocycles. The zero-order valence-electron chi connectivity index (χ0n) is 19.3. The summed E-state index contributed by atoms with van der Waals surface area (Å²) in [5.41, 5.74) is 2.56. The van der Waals surface area contributed by atoms with Gasteiger partial charge in [0.25, 0.3) is 0 Å². The molecule has 6 nitrogen and oxygen atoms in total. The number of Topliss-reactive ketones (excluding diaryl/α,β-unsaturated/α-hetero) is 1. The van der Waals surface area contributed by atoms with Gasteiger partial charge >= 0.3 is 0 Å². The van der Waals surface area contributed by atoms with Crippen molar-refractivity contribution < 1.29 is 18.4 Å². The number of hydrogen-bond donors (Lipinski definition) is 0. The maximum atomic E-state index is 13.4. The Labute approximate surface area is 197 Å². The average Bonchev–Trinajstić information content (AvgIpc) is 3.42. The largest absolute Gasteiger partial charge is 0.457 e. The van der Waals surface area contributed by atoms with E-state index >= 15 is 0 Å². The summed E-state index contributed by atoms with van der Waals surface area (Å²) in [6.07, 6.45) is 3.89. The standard InChI is InChI=1S/C28H26N2O4/c1-29(2)12-11-27(31)30-17-21(15-23-13-19-7-3-5-9-25(19)33-23)28(32)22(18-30)16-24-14-20-8-4-6-10-26(20)34-24/h3-10,13-16H,11-12,17-18H2,1-2H3. The molecule has 1 amide bonds. The molecular weight excluding hydrogens is 428 g/mol. The molecule has 34 heavy (non-hydrogen) atoms. The van der Waals surface area contributed by atoms with E-state index in [1.165, 1.54) is 0 Å². The van der Waals surface area contributed by atoms with E-state index in [9.17, 15) is 9.59 Å². The molecule has 1 fully saturated rings. The van der Waals surface area contributed by atoms with Gasteiger partial charge in [-0.2, -0.15) is 0 Å². The number of fused-ring (bicyclic) bond motifs is 2. The summed E-state index contributed by atoms with van der Waals surface area (Å²) in [4.78, 5) is 30.1. The molecule has 0 bridgehead atoms. The molecule has 2 aromatic carbocycles. The molecule has 172 valence electrons. The van der Waals surface area contributed by atoms with Crippen molar-refractivity contribution in [3.63, 3.8) is 0 Å². The molecule has 0 N–H and O–H groups in total. The van der Waals surface area contributed by atoms with Gasteiger partial charge in [0.1, 0.15) is 22.7 Å². The van der Waals surface area contributed by atoms with Gasteiger partial charge in [-0.15, -0.1) is 0 Å². The highest BCUT2D eigenvalue weighted by atomic mass is 16.3. The molecule has 0 radical (unpaired) electrons. The fraction of sp³-hybridized carbons (Fsp3) is 0.214. The third-order valence-electron chi connectivity index (χ3n) is 5.95. The minimum atomic E-state index is -0.0995. The van der Waals surface area contributed by atoms with Crippen molar-refractivity contribution >= 4 is 45.8 Å². The van der Waals surface area contributed by atoms with E-state index in [0.29, 0.717) is 35.6 Å². The van der Waals surface area contributed by atoms with Crippen molar-refractivity contribution in [1.29, 1.82) is 0 Å². The van der Waals surface area contributed by atoms with Gasteiger partial charge in [0.05, 0.1) is 0 Å². The van der Waals surface area contributed by atoms with E-state index in [0.717, 1.165) is 21.9 Å². The van der Waals surface area contributed by atoms with E-state index in [-0.39, 0.29) is 24.8 Å². The second-order valence-electron chi connectivity index (χ2n) is 8.84. The Morgan fingerprint density at radius 1 is 0.882 bits per heavy atom. The lowest BCUT2D eigenvalue weighted by Crippen LogP contribution is -2.42. The van der Waals surface area contributed by atoms with E-state index in [4.69, 9.17) is 8.83 Å². The van der Waals surface area contributed by atoms with Crippen LogP contribution in [-0.4, -0.2) is 55.2 Å². The molecule has 2 aromatic heterocycles. The van der Waals surface area contributed by atoms with Gasteiger partial charge in [-0.3, -0.25) is 9.59 Å². The first-order valence-electron chi connectivity index (χ1n) is 11.3. The van der Waals surface area contributed by atoms with Gasteiger partial charge in [0, 0.05) is 48.0 Å². The zero-order valence-corrected chi connectivity index (χ0v) is 19.3. The molecule has 6 heteroatoms. The van der Waals surface area contributed by atoms with Crippen LogP contribution in [0.1, 0.15) is 17.9 Å². The van der Waals surface area contributed by atoms with Crippen molar-refractivity contribution in [2.24, 2.45) is 0 Å². The third-order valence-corrected chi connectivity index (χ3v) is 5.95. The fourth-order valence-corrected chi connectivity index (χ4v) is 4.18. The van der Waals surface area contributed by atoms with Crippen LogP contribution in [0.5, 0.6) is 0 Å². The van der Waals surface area contributed by atoms with E-state index < -0.39 is 0 Å². The number of carbonyl (C=O) groups excluding carboxylic acids is 2. The minimum absolute atomic E-state index is 0.00668. The van der Waals surface area contributed by atoms with Gasteiger partial charge in [0.2, 0.25) is 5.91 Å². The normalized spacial score (nSPS) is 17.0. The lowest BCUT2D eigenvalue weighted by Gasteiger charge is -2.30. The number of nitrogens with zero attached hydrogens (tertiary/aromatic N) is 2. The molecule has 1 saturated heterocycles. The summed E-state index contributed by atoms with van der Waals surface area (Å²) in [7, 11) is 3.87. The molecule has 0 saturated carbocycles. The summed E-state index contributed by atoms with van der Waals surface area (Å²) in [6, 6.07) is 19.2. The number of rotatable bonds is 5. The van der Waals surface area contributed by atoms with Crippen LogP contribution in [0.2, 0.25) is 0 Å². The molecule has 0 spiro atoms. The summed E-state index contributed by atoms with van der Waals surface area (Å²) in [5.74, 6) is 1.09. The summed E-state index contributed by atoms with van der Waals surface area (Å²) in [6.45, 7) is 1.15. The lowest BCUT2D eigenvalue weighted by atomic mass is 9.95. The van der Waals surface area contributed by atoms with E-state index in [1.54, 1.807) is 17.1 Å². The number of benzene rings is 2. The van der Waals surface area contributed by atoms with Crippen LogP contribution in [0.4, 0.5) is 0 Å². The first kappa shape index (κ1) is 21.9. The van der Waals surface area contributed by atoms with Gasteiger partial charge in [-0.25, -0.2) is 0 Å². The topological polar surface area (TPSA) is 66.9 Å². The summed E-state index contributed by atoms with van der Waals surface area (Å²) >= 11 is 0. The monoisotopic (exact) mass is 454 g/mol. The Balaban J connectivity index is 1.50. The number of hydrogen-bond acceptors (Lipinski definition) is 5. The van der Waals surface area contributed by atoms with Gasteiger partial charge in [0.15, 0.2) is 5.78 Å². The average molecular weight is 455 g/mol. The van der Waals surface area contributed by atoms with Crippen molar-refractivity contribution in [2.45, 2.75) is 6.42 Å². The number of amides is 1. The molecule has 0 aliphatic carbocycles. The number of carbonyl (C=O) groups is 2. The Bertz CT molecular complexity index is 1270. The Hall–Kier alpha value is -3.90. The molecule has 0 atom stereocenters. The highest BCUT2D eigenvalue weighted by molar-refractivity contribution is 6.15. The molecular formula is C28H26N2O4. The van der Waals surface area contributed by atoms with Crippen molar-refractivity contribution in [1.82, 2.24) is 9.80 Å². The first-order valence-corrected chi connectivity index (χ1v) is 11.3. The van der Waals surface area contributed by atoms with E-state index in [1.807, 2.05) is 79.7 Å². The molecule has 0 unspecified atom stereocenters. The van der Waals surface area contributed by atoms with E-state index in [2.05, 4.69) is 0 Å². The first-order chi connectivity index (χ1) is 16.5. The predicted octanol–water partition coefficient (Wildman–Crippen LogP) is 5.01. The molecule has 5 rings (SSSR count). The third kappa shape index (κ3) is 4.58.